The van der Waals surface area contributed by atoms with Crippen molar-refractivity contribution in [1.82, 2.24) is 14.7 Å². The van der Waals surface area contributed by atoms with E-state index in [1.807, 2.05) is 30.3 Å². The third-order valence-corrected chi connectivity index (χ3v) is 5.54. The van der Waals surface area contributed by atoms with Gasteiger partial charge in [0.05, 0.1) is 6.04 Å². The summed E-state index contributed by atoms with van der Waals surface area (Å²) in [6, 6.07) is 15.0. The maximum atomic E-state index is 13.8. The summed E-state index contributed by atoms with van der Waals surface area (Å²) in [5, 5.41) is 7.62. The first-order valence-corrected chi connectivity index (χ1v) is 10.1. The fourth-order valence-corrected chi connectivity index (χ4v) is 3.84. The Hall–Kier alpha value is -3.00. The van der Waals surface area contributed by atoms with Gasteiger partial charge in [0.25, 0.3) is 5.91 Å². The van der Waals surface area contributed by atoms with E-state index < -0.39 is 24.2 Å². The highest BCUT2D eigenvalue weighted by molar-refractivity contribution is 6.30. The normalized spacial score (nSPS) is 18.2. The highest BCUT2D eigenvalue weighted by Crippen LogP contribution is 2.43. The van der Waals surface area contributed by atoms with E-state index in [4.69, 9.17) is 11.6 Å². The van der Waals surface area contributed by atoms with Crippen LogP contribution in [0.2, 0.25) is 5.02 Å². The Labute approximate surface area is 182 Å². The molecule has 1 aliphatic heterocycles. The minimum Gasteiger partial charge on any atom is -0.363 e. The van der Waals surface area contributed by atoms with Crippen molar-refractivity contribution in [2.75, 3.05) is 12.4 Å². The van der Waals surface area contributed by atoms with Crippen LogP contribution in [0.4, 0.5) is 19.0 Å². The first-order chi connectivity index (χ1) is 14.7. The van der Waals surface area contributed by atoms with Crippen LogP contribution < -0.4 is 5.32 Å². The number of halogens is 4. The van der Waals surface area contributed by atoms with E-state index in [2.05, 4.69) is 10.4 Å². The molecule has 0 bridgehead atoms. The second-order valence-corrected chi connectivity index (χ2v) is 7.98. The predicted molar refractivity (Wildman–Crippen MR) is 112 cm³/mol. The van der Waals surface area contributed by atoms with Crippen molar-refractivity contribution < 1.29 is 18.0 Å². The molecule has 9 heteroatoms. The number of hydrogen-bond acceptors (Lipinski definition) is 3. The molecular formula is C22H20ClF3N4O. The van der Waals surface area contributed by atoms with E-state index in [1.165, 1.54) is 11.0 Å². The van der Waals surface area contributed by atoms with Crippen LogP contribution in [0.3, 0.4) is 0 Å². The molecule has 2 heterocycles. The number of aromatic nitrogens is 2. The predicted octanol–water partition coefficient (Wildman–Crippen LogP) is 5.47. The van der Waals surface area contributed by atoms with Gasteiger partial charge in [-0.15, -0.1) is 0 Å². The SMILES string of the molecule is CN(Cc1ccccc1)C(=O)c1cc2n(n1)[C@H](C(F)(F)F)C[C@@H](c1ccc(Cl)cc1)N2. The molecule has 1 aliphatic rings. The van der Waals surface area contributed by atoms with Crippen LogP contribution in [-0.4, -0.2) is 33.8 Å². The Kier molecular flexibility index (Phi) is 5.66. The number of rotatable bonds is 4. The molecule has 0 saturated heterocycles. The lowest BCUT2D eigenvalue weighted by atomic mass is 9.97. The summed E-state index contributed by atoms with van der Waals surface area (Å²) in [7, 11) is 1.60. The smallest absolute Gasteiger partial charge is 0.363 e. The quantitative estimate of drug-likeness (QED) is 0.576. The fourth-order valence-electron chi connectivity index (χ4n) is 3.72. The Morgan fingerprint density at radius 1 is 1.19 bits per heavy atom. The van der Waals surface area contributed by atoms with Gasteiger partial charge in [0, 0.05) is 31.1 Å². The maximum absolute atomic E-state index is 13.8. The average Bonchev–Trinajstić information content (AvgIpc) is 3.17. The molecule has 2 aromatic carbocycles. The van der Waals surface area contributed by atoms with Crippen LogP contribution in [0.1, 0.15) is 40.1 Å². The van der Waals surface area contributed by atoms with Crippen LogP contribution in [0.25, 0.3) is 0 Å². The molecule has 1 amide bonds. The molecular weight excluding hydrogens is 429 g/mol. The van der Waals surface area contributed by atoms with Gasteiger partial charge in [-0.2, -0.15) is 18.3 Å². The lowest BCUT2D eigenvalue weighted by Gasteiger charge is -2.33. The summed E-state index contributed by atoms with van der Waals surface area (Å²) in [6.07, 6.45) is -4.75. The van der Waals surface area contributed by atoms with Gasteiger partial charge in [0.1, 0.15) is 5.82 Å². The van der Waals surface area contributed by atoms with Crippen LogP contribution in [-0.2, 0) is 6.54 Å². The molecule has 1 aromatic heterocycles. The third-order valence-electron chi connectivity index (χ3n) is 5.29. The molecule has 5 nitrogen and oxygen atoms in total. The summed E-state index contributed by atoms with van der Waals surface area (Å²) in [5.41, 5.74) is 1.56. The van der Waals surface area contributed by atoms with Crippen LogP contribution in [0.5, 0.6) is 0 Å². The van der Waals surface area contributed by atoms with Crippen molar-refractivity contribution in [2.45, 2.75) is 31.2 Å². The van der Waals surface area contributed by atoms with E-state index in [0.717, 1.165) is 10.2 Å². The summed E-state index contributed by atoms with van der Waals surface area (Å²) < 4.78 is 42.3. The Balaban J connectivity index is 1.61. The highest BCUT2D eigenvalue weighted by Gasteiger charge is 2.46. The standard InChI is InChI=1S/C22H20ClF3N4O/c1-29(13-14-5-3-2-4-6-14)21(31)18-12-20-27-17(15-7-9-16(23)10-8-15)11-19(22(24,25)26)30(20)28-18/h2-10,12,17,19,27H,11,13H2,1H3/t17-,19-/m0/s1. The van der Waals surface area contributed by atoms with Crippen molar-refractivity contribution in [3.05, 3.63) is 82.5 Å². The van der Waals surface area contributed by atoms with Crippen molar-refractivity contribution in [3.63, 3.8) is 0 Å². The van der Waals surface area contributed by atoms with Crippen molar-refractivity contribution in [3.8, 4) is 0 Å². The average molecular weight is 449 g/mol. The number of hydrogen-bond donors (Lipinski definition) is 1. The topological polar surface area (TPSA) is 50.2 Å². The minimum atomic E-state index is -4.51. The molecule has 1 N–H and O–H groups in total. The molecule has 4 rings (SSSR count). The number of nitrogens with one attached hydrogen (secondary N) is 1. The summed E-state index contributed by atoms with van der Waals surface area (Å²) in [5.74, 6) is -0.290. The zero-order valence-electron chi connectivity index (χ0n) is 16.6. The second kappa shape index (κ2) is 8.26. The molecule has 3 aromatic rings. The molecule has 0 aliphatic carbocycles. The van der Waals surface area contributed by atoms with Gasteiger partial charge in [-0.05, 0) is 23.3 Å². The summed E-state index contributed by atoms with van der Waals surface area (Å²) in [6.45, 7) is 0.325. The van der Waals surface area contributed by atoms with E-state index in [1.54, 1.807) is 31.3 Å². The van der Waals surface area contributed by atoms with E-state index in [-0.39, 0.29) is 17.9 Å². The lowest BCUT2D eigenvalue weighted by molar-refractivity contribution is -0.173. The number of benzene rings is 2. The van der Waals surface area contributed by atoms with E-state index in [0.29, 0.717) is 17.1 Å². The molecule has 0 saturated carbocycles. The number of carbonyl (C=O) groups is 1. The van der Waals surface area contributed by atoms with Gasteiger partial charge in [0.15, 0.2) is 11.7 Å². The van der Waals surface area contributed by atoms with Gasteiger partial charge in [-0.25, -0.2) is 4.68 Å². The van der Waals surface area contributed by atoms with Gasteiger partial charge < -0.3 is 10.2 Å². The number of amides is 1. The first kappa shape index (κ1) is 21.2. The monoisotopic (exact) mass is 448 g/mol. The Bertz CT molecular complexity index is 1070. The molecule has 0 fully saturated rings. The van der Waals surface area contributed by atoms with E-state index >= 15 is 0 Å². The van der Waals surface area contributed by atoms with Gasteiger partial charge in [-0.3, -0.25) is 4.79 Å². The zero-order valence-corrected chi connectivity index (χ0v) is 17.4. The van der Waals surface area contributed by atoms with Crippen molar-refractivity contribution in [1.29, 1.82) is 0 Å². The van der Waals surface area contributed by atoms with Gasteiger partial charge in [-0.1, -0.05) is 54.1 Å². The van der Waals surface area contributed by atoms with Crippen molar-refractivity contribution >= 4 is 23.3 Å². The van der Waals surface area contributed by atoms with Crippen LogP contribution in [0, 0.1) is 0 Å². The van der Waals surface area contributed by atoms with Gasteiger partial charge in [0.2, 0.25) is 0 Å². The van der Waals surface area contributed by atoms with Crippen LogP contribution in [0.15, 0.2) is 60.7 Å². The van der Waals surface area contributed by atoms with Crippen LogP contribution >= 0.6 is 11.6 Å². The Morgan fingerprint density at radius 3 is 2.52 bits per heavy atom. The molecule has 0 spiro atoms. The largest absolute Gasteiger partial charge is 0.410 e. The number of fused-ring (bicyclic) bond motifs is 1. The number of carbonyl (C=O) groups excluding carboxylic acids is 1. The molecule has 162 valence electrons. The van der Waals surface area contributed by atoms with Gasteiger partial charge >= 0.3 is 6.18 Å². The molecule has 2 atom stereocenters. The van der Waals surface area contributed by atoms with Crippen molar-refractivity contribution in [2.24, 2.45) is 0 Å². The summed E-state index contributed by atoms with van der Waals surface area (Å²) in [4.78, 5) is 14.3. The highest BCUT2D eigenvalue weighted by atomic mass is 35.5. The molecule has 0 unspecified atom stereocenters. The lowest BCUT2D eigenvalue weighted by Crippen LogP contribution is -2.35. The number of nitrogens with zero attached hydrogens (tertiary/aromatic N) is 3. The molecule has 0 radical (unpaired) electrons. The fraction of sp³-hybridized carbons (Fsp3) is 0.273. The Morgan fingerprint density at radius 2 is 1.87 bits per heavy atom. The minimum absolute atomic E-state index is 0.0352. The molecule has 31 heavy (non-hydrogen) atoms. The summed E-state index contributed by atoms with van der Waals surface area (Å²) >= 11 is 5.90. The number of anilines is 1. The second-order valence-electron chi connectivity index (χ2n) is 7.55. The zero-order chi connectivity index (χ0) is 22.2. The van der Waals surface area contributed by atoms with E-state index in [9.17, 15) is 18.0 Å². The number of alkyl halides is 3. The first-order valence-electron chi connectivity index (χ1n) is 9.70. The maximum Gasteiger partial charge on any atom is 0.410 e. The third kappa shape index (κ3) is 4.54.